The molecule has 2 atom stereocenters. The van der Waals surface area contributed by atoms with E-state index in [2.05, 4.69) is 5.32 Å². The van der Waals surface area contributed by atoms with Gasteiger partial charge in [0.1, 0.15) is 0 Å². The zero-order valence-electron chi connectivity index (χ0n) is 10.1. The van der Waals surface area contributed by atoms with Crippen LogP contribution in [0.3, 0.4) is 0 Å². The molecule has 5 nitrogen and oxygen atoms in total. The maximum Gasteiger partial charge on any atom is 0.272 e. The summed E-state index contributed by atoms with van der Waals surface area (Å²) in [6, 6.07) is 4.95. The van der Waals surface area contributed by atoms with E-state index in [0.717, 1.165) is 5.69 Å². The molecule has 0 saturated carbocycles. The van der Waals surface area contributed by atoms with Gasteiger partial charge in [-0.25, -0.2) is 0 Å². The predicted octanol–water partition coefficient (Wildman–Crippen LogP) is 2.08. The van der Waals surface area contributed by atoms with Gasteiger partial charge in [-0.3, -0.25) is 14.3 Å². The van der Waals surface area contributed by atoms with E-state index >= 15 is 0 Å². The third-order valence-electron chi connectivity index (χ3n) is 2.29. The zero-order valence-corrected chi connectivity index (χ0v) is 10.9. The van der Waals surface area contributed by atoms with Crippen molar-refractivity contribution in [3.8, 4) is 0 Å². The van der Waals surface area contributed by atoms with Crippen LogP contribution in [0.25, 0.3) is 0 Å². The molecule has 0 spiro atoms. The summed E-state index contributed by atoms with van der Waals surface area (Å²) in [5.41, 5.74) is 1.54. The normalized spacial score (nSPS) is 14.1. The van der Waals surface area contributed by atoms with Gasteiger partial charge in [-0.15, -0.1) is 0 Å². The van der Waals surface area contributed by atoms with Gasteiger partial charge in [-0.1, -0.05) is 0 Å². The molecule has 0 heterocycles. The summed E-state index contributed by atoms with van der Waals surface area (Å²) in [5, 5.41) is 13.8. The van der Waals surface area contributed by atoms with Crippen molar-refractivity contribution < 1.29 is 9.13 Å². The van der Waals surface area contributed by atoms with Crippen molar-refractivity contribution in [1.29, 1.82) is 0 Å². The summed E-state index contributed by atoms with van der Waals surface area (Å²) >= 11 is 0. The molecule has 1 N–H and O–H groups in total. The van der Waals surface area contributed by atoms with Crippen molar-refractivity contribution in [3.63, 3.8) is 0 Å². The zero-order chi connectivity index (χ0) is 13.0. The van der Waals surface area contributed by atoms with Crippen LogP contribution in [0, 0.1) is 17.0 Å². The first-order valence-electron chi connectivity index (χ1n) is 5.21. The molecule has 0 bridgehead atoms. The van der Waals surface area contributed by atoms with Crippen molar-refractivity contribution in [2.24, 2.45) is 0 Å². The van der Waals surface area contributed by atoms with Crippen LogP contribution in [0.2, 0.25) is 0 Å². The van der Waals surface area contributed by atoms with E-state index < -0.39 is 15.7 Å². The van der Waals surface area contributed by atoms with E-state index in [1.54, 1.807) is 25.3 Å². The van der Waals surface area contributed by atoms with Crippen LogP contribution in [-0.2, 0) is 10.8 Å². The summed E-state index contributed by atoms with van der Waals surface area (Å²) in [6.45, 7) is 3.63. The smallest absolute Gasteiger partial charge is 0.272 e. The lowest BCUT2D eigenvalue weighted by atomic mass is 10.1. The van der Waals surface area contributed by atoms with Crippen LogP contribution < -0.4 is 5.32 Å². The Kier molecular flexibility index (Phi) is 4.62. The summed E-state index contributed by atoms with van der Waals surface area (Å²) in [7, 11) is -0.857. The fraction of sp³-hybridized carbons (Fsp3) is 0.455. The molecule has 0 aromatic heterocycles. The van der Waals surface area contributed by atoms with E-state index in [1.807, 2.05) is 6.92 Å². The maximum absolute atomic E-state index is 11.0. The summed E-state index contributed by atoms with van der Waals surface area (Å²) < 4.78 is 11.0. The van der Waals surface area contributed by atoms with Gasteiger partial charge in [-0.05, 0) is 26.0 Å². The highest BCUT2D eigenvalue weighted by atomic mass is 32.2. The first-order valence-corrected chi connectivity index (χ1v) is 6.94. The number of benzene rings is 1. The minimum absolute atomic E-state index is 0.0710. The number of anilines is 1. The second-order valence-electron chi connectivity index (χ2n) is 4.04. The Morgan fingerprint density at radius 1 is 1.53 bits per heavy atom. The van der Waals surface area contributed by atoms with Gasteiger partial charge in [0.15, 0.2) is 0 Å². The Morgan fingerprint density at radius 2 is 2.18 bits per heavy atom. The molecule has 0 aliphatic rings. The van der Waals surface area contributed by atoms with Crippen LogP contribution in [0.15, 0.2) is 18.2 Å². The lowest BCUT2D eigenvalue weighted by Gasteiger charge is -2.14. The topological polar surface area (TPSA) is 72.2 Å². The average Bonchev–Trinajstić information content (AvgIpc) is 2.15. The lowest BCUT2D eigenvalue weighted by Crippen LogP contribution is -2.22. The minimum Gasteiger partial charge on any atom is -0.382 e. The van der Waals surface area contributed by atoms with E-state index in [1.165, 1.54) is 6.07 Å². The van der Waals surface area contributed by atoms with Crippen molar-refractivity contribution >= 4 is 22.2 Å². The number of nitro groups is 1. The number of rotatable bonds is 5. The fourth-order valence-corrected chi connectivity index (χ4v) is 2.42. The van der Waals surface area contributed by atoms with Crippen LogP contribution in [0.5, 0.6) is 0 Å². The monoisotopic (exact) mass is 256 g/mol. The number of nitro benzene ring substituents is 1. The number of nitrogens with one attached hydrogen (secondary N) is 1. The van der Waals surface area contributed by atoms with Gasteiger partial charge >= 0.3 is 0 Å². The van der Waals surface area contributed by atoms with Crippen molar-refractivity contribution in [1.82, 2.24) is 0 Å². The molecule has 2 unspecified atom stereocenters. The van der Waals surface area contributed by atoms with E-state index in [9.17, 15) is 14.3 Å². The molecule has 17 heavy (non-hydrogen) atoms. The second kappa shape index (κ2) is 5.77. The number of hydrogen-bond acceptors (Lipinski definition) is 4. The van der Waals surface area contributed by atoms with Gasteiger partial charge in [0.05, 0.1) is 4.92 Å². The van der Waals surface area contributed by atoms with Gasteiger partial charge < -0.3 is 5.32 Å². The Hall–Kier alpha value is -1.43. The highest BCUT2D eigenvalue weighted by Crippen LogP contribution is 2.21. The Bertz CT molecular complexity index is 448. The van der Waals surface area contributed by atoms with Gasteiger partial charge in [-0.2, -0.15) is 0 Å². The molecule has 6 heteroatoms. The first kappa shape index (κ1) is 13.6. The molecule has 0 amide bonds. The summed E-state index contributed by atoms with van der Waals surface area (Å²) in [5.74, 6) is 0.552. The molecule has 1 rings (SSSR count). The SMILES string of the molecule is Cc1cc(NC(C)CS(C)=O)ccc1[N+](=O)[O-]. The minimum atomic E-state index is -0.857. The molecule has 0 aliphatic carbocycles. The largest absolute Gasteiger partial charge is 0.382 e. The second-order valence-corrected chi connectivity index (χ2v) is 5.52. The van der Waals surface area contributed by atoms with Crippen molar-refractivity contribution in [3.05, 3.63) is 33.9 Å². The van der Waals surface area contributed by atoms with Gasteiger partial charge in [0, 0.05) is 46.2 Å². The summed E-state index contributed by atoms with van der Waals surface area (Å²) in [4.78, 5) is 10.2. The van der Waals surface area contributed by atoms with E-state index in [0.29, 0.717) is 11.3 Å². The van der Waals surface area contributed by atoms with Crippen LogP contribution in [-0.4, -0.2) is 27.2 Å². The Labute approximate surface area is 103 Å². The lowest BCUT2D eigenvalue weighted by molar-refractivity contribution is -0.385. The fourth-order valence-electron chi connectivity index (χ4n) is 1.63. The van der Waals surface area contributed by atoms with Crippen LogP contribution in [0.1, 0.15) is 12.5 Å². The molecular formula is C11H16N2O3S. The van der Waals surface area contributed by atoms with E-state index in [-0.39, 0.29) is 11.7 Å². The third-order valence-corrected chi connectivity index (χ3v) is 3.26. The quantitative estimate of drug-likeness (QED) is 0.646. The number of aryl methyl sites for hydroxylation is 1. The highest BCUT2D eigenvalue weighted by molar-refractivity contribution is 7.84. The molecule has 0 aliphatic heterocycles. The third kappa shape index (κ3) is 4.14. The van der Waals surface area contributed by atoms with E-state index in [4.69, 9.17) is 0 Å². The molecule has 1 aromatic rings. The Balaban J connectivity index is 2.77. The average molecular weight is 256 g/mol. The molecule has 0 saturated heterocycles. The van der Waals surface area contributed by atoms with Gasteiger partial charge in [0.25, 0.3) is 5.69 Å². The van der Waals surface area contributed by atoms with Crippen molar-refractivity contribution in [2.75, 3.05) is 17.3 Å². The Morgan fingerprint density at radius 3 is 2.65 bits per heavy atom. The summed E-state index contributed by atoms with van der Waals surface area (Å²) in [6.07, 6.45) is 1.65. The number of nitrogens with zero attached hydrogens (tertiary/aromatic N) is 1. The number of hydrogen-bond donors (Lipinski definition) is 1. The molecule has 0 radical (unpaired) electrons. The maximum atomic E-state index is 11.0. The van der Waals surface area contributed by atoms with Crippen LogP contribution >= 0.6 is 0 Å². The molecular weight excluding hydrogens is 240 g/mol. The molecule has 1 aromatic carbocycles. The standard InChI is InChI=1S/C11H16N2O3S/c1-8-6-10(4-5-11(8)13(14)15)12-9(2)7-17(3)16/h4-6,9,12H,7H2,1-3H3. The van der Waals surface area contributed by atoms with Crippen molar-refractivity contribution in [2.45, 2.75) is 19.9 Å². The molecule has 0 fully saturated rings. The molecule has 94 valence electrons. The van der Waals surface area contributed by atoms with Crippen LogP contribution in [0.4, 0.5) is 11.4 Å². The first-order chi connectivity index (χ1) is 7.90. The predicted molar refractivity (Wildman–Crippen MR) is 69.9 cm³/mol. The van der Waals surface area contributed by atoms with Gasteiger partial charge in [0.2, 0.25) is 0 Å². The highest BCUT2D eigenvalue weighted by Gasteiger charge is 2.11.